The molecule has 0 aromatic rings. The Labute approximate surface area is 124 Å². The number of piperidine rings is 1. The highest BCUT2D eigenvalue weighted by molar-refractivity contribution is 5.76. The third kappa shape index (κ3) is 6.12. The Hall–Kier alpha value is -0.770. The van der Waals surface area contributed by atoms with Crippen molar-refractivity contribution < 1.29 is 0 Å². The molecule has 2 rings (SSSR count). The van der Waals surface area contributed by atoms with Crippen molar-refractivity contribution in [3.8, 4) is 0 Å². The predicted molar refractivity (Wildman–Crippen MR) is 85.2 cm³/mol. The summed E-state index contributed by atoms with van der Waals surface area (Å²) in [6, 6.07) is 0. The summed E-state index contributed by atoms with van der Waals surface area (Å²) in [7, 11) is 0. The quantitative estimate of drug-likeness (QED) is 0.398. The Balaban J connectivity index is 1.45. The van der Waals surface area contributed by atoms with Crippen molar-refractivity contribution >= 4 is 5.96 Å². The van der Waals surface area contributed by atoms with E-state index in [0.717, 1.165) is 25.4 Å². The molecule has 2 fully saturated rings. The number of hydrogen-bond acceptors (Lipinski definition) is 2. The number of guanidine groups is 1. The lowest BCUT2D eigenvalue weighted by Crippen LogP contribution is -2.40. The molecule has 0 spiro atoms. The monoisotopic (exact) mass is 280 g/mol. The molecule has 4 nitrogen and oxygen atoms in total. The molecule has 20 heavy (non-hydrogen) atoms. The standard InChI is InChI=1S/C16H32N4/c17-16(19-14-15-8-3-1-4-9-15)18-10-7-13-20-11-5-2-6-12-20/h15H,1-14H2,(H3,17,18,19). The molecule has 0 unspecified atom stereocenters. The van der Waals surface area contributed by atoms with Crippen molar-refractivity contribution in [2.75, 3.05) is 32.7 Å². The first kappa shape index (κ1) is 15.6. The SMILES string of the molecule is N=C(NCCCN1CCCCC1)NCC1CCCCC1. The van der Waals surface area contributed by atoms with Gasteiger partial charge in [0, 0.05) is 13.1 Å². The average molecular weight is 280 g/mol. The average Bonchev–Trinajstić information content (AvgIpc) is 2.52. The third-order valence-corrected chi connectivity index (χ3v) is 4.69. The molecule has 1 saturated heterocycles. The zero-order valence-corrected chi connectivity index (χ0v) is 12.9. The maximum atomic E-state index is 7.89. The van der Waals surface area contributed by atoms with E-state index in [1.165, 1.54) is 71.0 Å². The lowest BCUT2D eigenvalue weighted by molar-refractivity contribution is 0.227. The van der Waals surface area contributed by atoms with Crippen LogP contribution >= 0.6 is 0 Å². The van der Waals surface area contributed by atoms with Crippen molar-refractivity contribution in [2.45, 2.75) is 57.8 Å². The van der Waals surface area contributed by atoms with Crippen LogP contribution in [0.3, 0.4) is 0 Å². The van der Waals surface area contributed by atoms with Gasteiger partial charge in [-0.1, -0.05) is 25.7 Å². The van der Waals surface area contributed by atoms with Crippen LogP contribution in [0.2, 0.25) is 0 Å². The molecule has 1 saturated carbocycles. The van der Waals surface area contributed by atoms with Crippen molar-refractivity contribution in [3.63, 3.8) is 0 Å². The van der Waals surface area contributed by atoms with Crippen LogP contribution in [0.4, 0.5) is 0 Å². The summed E-state index contributed by atoms with van der Waals surface area (Å²) >= 11 is 0. The van der Waals surface area contributed by atoms with Gasteiger partial charge in [-0.3, -0.25) is 5.41 Å². The topological polar surface area (TPSA) is 51.2 Å². The van der Waals surface area contributed by atoms with Crippen LogP contribution in [-0.2, 0) is 0 Å². The molecular formula is C16H32N4. The second kappa shape index (κ2) is 9.22. The molecule has 0 amide bonds. The van der Waals surface area contributed by atoms with Gasteiger partial charge in [0.05, 0.1) is 0 Å². The minimum atomic E-state index is 0.522. The molecule has 3 N–H and O–H groups in total. The summed E-state index contributed by atoms with van der Waals surface area (Å²) in [5.74, 6) is 1.31. The van der Waals surface area contributed by atoms with Gasteiger partial charge in [0.25, 0.3) is 0 Å². The van der Waals surface area contributed by atoms with Gasteiger partial charge in [-0.05, 0) is 57.7 Å². The first-order valence-corrected chi connectivity index (χ1v) is 8.63. The van der Waals surface area contributed by atoms with Crippen LogP contribution in [0.25, 0.3) is 0 Å². The van der Waals surface area contributed by atoms with Crippen LogP contribution < -0.4 is 10.6 Å². The van der Waals surface area contributed by atoms with Crippen molar-refractivity contribution in [1.29, 1.82) is 5.41 Å². The summed E-state index contributed by atoms with van der Waals surface area (Å²) in [6.07, 6.45) is 12.1. The van der Waals surface area contributed by atoms with E-state index >= 15 is 0 Å². The van der Waals surface area contributed by atoms with E-state index in [2.05, 4.69) is 15.5 Å². The minimum absolute atomic E-state index is 0.522. The van der Waals surface area contributed by atoms with Gasteiger partial charge < -0.3 is 15.5 Å². The lowest BCUT2D eigenvalue weighted by atomic mass is 9.89. The van der Waals surface area contributed by atoms with Crippen LogP contribution in [-0.4, -0.2) is 43.6 Å². The Morgan fingerprint density at radius 3 is 2.40 bits per heavy atom. The number of rotatable bonds is 6. The van der Waals surface area contributed by atoms with E-state index in [1.807, 2.05) is 0 Å². The highest BCUT2D eigenvalue weighted by Crippen LogP contribution is 2.22. The van der Waals surface area contributed by atoms with Crippen molar-refractivity contribution in [3.05, 3.63) is 0 Å². The van der Waals surface area contributed by atoms with E-state index < -0.39 is 0 Å². The summed E-state index contributed by atoms with van der Waals surface area (Å²) in [4.78, 5) is 2.56. The smallest absolute Gasteiger partial charge is 0.188 e. The molecule has 0 radical (unpaired) electrons. The summed E-state index contributed by atoms with van der Waals surface area (Å²) in [5, 5.41) is 14.4. The highest BCUT2D eigenvalue weighted by atomic mass is 15.1. The van der Waals surface area contributed by atoms with Gasteiger partial charge in [-0.15, -0.1) is 0 Å². The van der Waals surface area contributed by atoms with Crippen molar-refractivity contribution in [2.24, 2.45) is 5.92 Å². The number of nitrogens with one attached hydrogen (secondary N) is 3. The highest BCUT2D eigenvalue weighted by Gasteiger charge is 2.13. The zero-order valence-electron chi connectivity index (χ0n) is 12.9. The van der Waals surface area contributed by atoms with E-state index in [-0.39, 0.29) is 0 Å². The Morgan fingerprint density at radius 2 is 1.65 bits per heavy atom. The molecule has 0 atom stereocenters. The van der Waals surface area contributed by atoms with Crippen LogP contribution in [0.15, 0.2) is 0 Å². The van der Waals surface area contributed by atoms with Gasteiger partial charge in [-0.25, -0.2) is 0 Å². The number of nitrogens with zero attached hydrogens (tertiary/aromatic N) is 1. The molecule has 116 valence electrons. The van der Waals surface area contributed by atoms with E-state index in [1.54, 1.807) is 0 Å². The molecule has 1 aliphatic heterocycles. The third-order valence-electron chi connectivity index (χ3n) is 4.69. The van der Waals surface area contributed by atoms with Gasteiger partial charge in [0.15, 0.2) is 5.96 Å². The Bertz CT molecular complexity index is 268. The van der Waals surface area contributed by atoms with Gasteiger partial charge >= 0.3 is 0 Å². The normalized spacial score (nSPS) is 21.6. The van der Waals surface area contributed by atoms with E-state index in [4.69, 9.17) is 5.41 Å². The van der Waals surface area contributed by atoms with Gasteiger partial charge in [0.2, 0.25) is 0 Å². The van der Waals surface area contributed by atoms with E-state index in [9.17, 15) is 0 Å². The Kier molecular flexibility index (Phi) is 7.20. The van der Waals surface area contributed by atoms with Crippen molar-refractivity contribution in [1.82, 2.24) is 15.5 Å². The summed E-state index contributed by atoms with van der Waals surface area (Å²) in [5.41, 5.74) is 0. The molecule has 0 aromatic carbocycles. The van der Waals surface area contributed by atoms with E-state index in [0.29, 0.717) is 5.96 Å². The molecule has 2 aliphatic rings. The fourth-order valence-electron chi connectivity index (χ4n) is 3.40. The molecule has 1 heterocycles. The lowest BCUT2D eigenvalue weighted by Gasteiger charge is -2.26. The predicted octanol–water partition coefficient (Wildman–Crippen LogP) is 2.56. The zero-order chi connectivity index (χ0) is 14.0. The minimum Gasteiger partial charge on any atom is -0.357 e. The molecular weight excluding hydrogens is 248 g/mol. The molecule has 1 aliphatic carbocycles. The van der Waals surface area contributed by atoms with Crippen LogP contribution in [0.5, 0.6) is 0 Å². The van der Waals surface area contributed by atoms with Crippen LogP contribution in [0.1, 0.15) is 57.8 Å². The second-order valence-electron chi connectivity index (χ2n) is 6.44. The fourth-order valence-corrected chi connectivity index (χ4v) is 3.40. The van der Waals surface area contributed by atoms with Gasteiger partial charge in [0.1, 0.15) is 0 Å². The van der Waals surface area contributed by atoms with Crippen LogP contribution in [0, 0.1) is 11.3 Å². The fraction of sp³-hybridized carbons (Fsp3) is 0.938. The maximum absolute atomic E-state index is 7.89. The largest absolute Gasteiger partial charge is 0.357 e. The van der Waals surface area contributed by atoms with Gasteiger partial charge in [-0.2, -0.15) is 0 Å². The Morgan fingerprint density at radius 1 is 0.950 bits per heavy atom. The molecule has 0 aromatic heterocycles. The summed E-state index contributed by atoms with van der Waals surface area (Å²) < 4.78 is 0. The number of likely N-dealkylation sites (tertiary alicyclic amines) is 1. The molecule has 4 heteroatoms. The maximum Gasteiger partial charge on any atom is 0.188 e. The number of hydrogen-bond donors (Lipinski definition) is 3. The molecule has 0 bridgehead atoms. The second-order valence-corrected chi connectivity index (χ2v) is 6.44. The first-order chi connectivity index (χ1) is 9.84. The first-order valence-electron chi connectivity index (χ1n) is 8.63. The summed E-state index contributed by atoms with van der Waals surface area (Å²) in [6.45, 7) is 5.64.